The van der Waals surface area contributed by atoms with Crippen molar-refractivity contribution >= 4 is 23.4 Å². The second kappa shape index (κ2) is 5.51. The van der Waals surface area contributed by atoms with E-state index in [1.807, 2.05) is 0 Å². The van der Waals surface area contributed by atoms with Gasteiger partial charge in [-0.15, -0.1) is 0 Å². The molecule has 0 bridgehead atoms. The molecule has 1 aromatic carbocycles. The quantitative estimate of drug-likeness (QED) is 0.704. The topological polar surface area (TPSA) is 87.3 Å². The molecule has 6 heteroatoms. The molecule has 1 aromatic rings. The Morgan fingerprint density at radius 2 is 1.68 bits per heavy atom. The van der Waals surface area contributed by atoms with Crippen molar-refractivity contribution in [1.29, 1.82) is 0 Å². The number of hydrazine groups is 1. The van der Waals surface area contributed by atoms with Crippen LogP contribution in [-0.2, 0) is 9.59 Å². The van der Waals surface area contributed by atoms with Gasteiger partial charge in [-0.1, -0.05) is 0 Å². The average molecular weight is 261 g/mol. The van der Waals surface area contributed by atoms with E-state index in [1.165, 1.54) is 6.92 Å². The molecule has 3 amide bonds. The van der Waals surface area contributed by atoms with E-state index in [2.05, 4.69) is 16.2 Å². The first-order valence-electron chi connectivity index (χ1n) is 6.04. The molecule has 1 aliphatic carbocycles. The van der Waals surface area contributed by atoms with Crippen LogP contribution in [0.4, 0.5) is 5.69 Å². The zero-order valence-corrected chi connectivity index (χ0v) is 10.5. The Morgan fingerprint density at radius 3 is 2.21 bits per heavy atom. The maximum Gasteiger partial charge on any atom is 0.269 e. The predicted molar refractivity (Wildman–Crippen MR) is 69.1 cm³/mol. The minimum absolute atomic E-state index is 0.0439. The van der Waals surface area contributed by atoms with Gasteiger partial charge in [0.15, 0.2) is 0 Å². The van der Waals surface area contributed by atoms with E-state index in [1.54, 1.807) is 24.3 Å². The molecule has 1 aliphatic rings. The summed E-state index contributed by atoms with van der Waals surface area (Å²) in [6.07, 6.45) is 1.76. The van der Waals surface area contributed by atoms with Crippen molar-refractivity contribution in [3.63, 3.8) is 0 Å². The van der Waals surface area contributed by atoms with Crippen LogP contribution in [0.1, 0.15) is 30.1 Å². The minimum atomic E-state index is -0.386. The fraction of sp³-hybridized carbons (Fsp3) is 0.308. The molecule has 0 heterocycles. The van der Waals surface area contributed by atoms with E-state index >= 15 is 0 Å². The molecule has 0 radical (unpaired) electrons. The molecule has 0 atom stereocenters. The molecule has 6 nitrogen and oxygen atoms in total. The Kier molecular flexibility index (Phi) is 3.79. The summed E-state index contributed by atoms with van der Waals surface area (Å²) in [4.78, 5) is 33.9. The van der Waals surface area contributed by atoms with E-state index in [9.17, 15) is 14.4 Å². The number of benzene rings is 1. The third-order valence-corrected chi connectivity index (χ3v) is 2.71. The number of amides is 3. The Morgan fingerprint density at radius 1 is 1.05 bits per heavy atom. The smallest absolute Gasteiger partial charge is 0.269 e. The van der Waals surface area contributed by atoms with Gasteiger partial charge in [0.1, 0.15) is 0 Å². The molecule has 0 spiro atoms. The van der Waals surface area contributed by atoms with Crippen molar-refractivity contribution in [1.82, 2.24) is 10.9 Å². The molecule has 0 aliphatic heterocycles. The van der Waals surface area contributed by atoms with E-state index < -0.39 is 0 Å². The van der Waals surface area contributed by atoms with Crippen LogP contribution >= 0.6 is 0 Å². The van der Waals surface area contributed by atoms with Gasteiger partial charge >= 0.3 is 0 Å². The van der Waals surface area contributed by atoms with Crippen LogP contribution in [-0.4, -0.2) is 17.7 Å². The van der Waals surface area contributed by atoms with Gasteiger partial charge in [-0.05, 0) is 37.1 Å². The molecule has 100 valence electrons. The highest BCUT2D eigenvalue weighted by atomic mass is 16.2. The number of carbonyl (C=O) groups excluding carboxylic acids is 3. The number of anilines is 1. The highest BCUT2D eigenvalue weighted by Crippen LogP contribution is 2.28. The van der Waals surface area contributed by atoms with Crippen LogP contribution in [0.5, 0.6) is 0 Å². The summed E-state index contributed by atoms with van der Waals surface area (Å²) in [5.74, 6) is -0.664. The average Bonchev–Trinajstić information content (AvgIpc) is 3.20. The Labute approximate surface area is 110 Å². The van der Waals surface area contributed by atoms with Crippen LogP contribution in [0.25, 0.3) is 0 Å². The lowest BCUT2D eigenvalue weighted by atomic mass is 10.2. The summed E-state index contributed by atoms with van der Waals surface area (Å²) in [7, 11) is 0. The maximum absolute atomic E-state index is 11.7. The van der Waals surface area contributed by atoms with Crippen LogP contribution in [0, 0.1) is 5.92 Å². The van der Waals surface area contributed by atoms with E-state index in [0.29, 0.717) is 11.3 Å². The fourth-order valence-corrected chi connectivity index (χ4v) is 1.55. The second-order valence-corrected chi connectivity index (χ2v) is 4.48. The van der Waals surface area contributed by atoms with Gasteiger partial charge in [-0.2, -0.15) is 0 Å². The first-order chi connectivity index (χ1) is 9.06. The van der Waals surface area contributed by atoms with Crippen molar-refractivity contribution in [2.45, 2.75) is 19.8 Å². The molecular formula is C13H15N3O3. The van der Waals surface area contributed by atoms with Crippen LogP contribution in [0.15, 0.2) is 24.3 Å². The molecule has 0 aromatic heterocycles. The van der Waals surface area contributed by atoms with E-state index in [4.69, 9.17) is 0 Å². The molecule has 2 rings (SSSR count). The minimum Gasteiger partial charge on any atom is -0.326 e. The van der Waals surface area contributed by atoms with Crippen LogP contribution in [0.3, 0.4) is 0 Å². The summed E-state index contributed by atoms with van der Waals surface area (Å²) in [6, 6.07) is 6.39. The lowest BCUT2D eigenvalue weighted by Gasteiger charge is -2.07. The Balaban J connectivity index is 1.87. The molecule has 1 saturated carbocycles. The number of rotatable bonds is 3. The molecule has 0 saturated heterocycles. The van der Waals surface area contributed by atoms with Gasteiger partial charge in [0.25, 0.3) is 5.91 Å². The summed E-state index contributed by atoms with van der Waals surface area (Å²) >= 11 is 0. The number of nitrogens with one attached hydrogen (secondary N) is 3. The molecular weight excluding hydrogens is 246 g/mol. The number of hydrogen-bond donors (Lipinski definition) is 3. The summed E-state index contributed by atoms with van der Waals surface area (Å²) in [5.41, 5.74) is 5.76. The first kappa shape index (κ1) is 13.1. The SMILES string of the molecule is CC(=O)Nc1ccc(C(=O)NNC(=O)C2CC2)cc1. The van der Waals surface area contributed by atoms with Gasteiger partial charge in [0.2, 0.25) is 11.8 Å². The number of carbonyl (C=O) groups is 3. The Hall–Kier alpha value is -2.37. The standard InChI is InChI=1S/C13H15N3O3/c1-8(17)14-11-6-4-10(5-7-11)13(19)16-15-12(18)9-2-3-9/h4-7,9H,2-3H2,1H3,(H,14,17)(H,15,18)(H,16,19). The second-order valence-electron chi connectivity index (χ2n) is 4.48. The lowest BCUT2D eigenvalue weighted by molar-refractivity contribution is -0.123. The largest absolute Gasteiger partial charge is 0.326 e. The van der Waals surface area contributed by atoms with Gasteiger partial charge in [0.05, 0.1) is 0 Å². The molecule has 0 unspecified atom stereocenters. The predicted octanol–water partition coefficient (Wildman–Crippen LogP) is 0.816. The highest BCUT2D eigenvalue weighted by molar-refractivity contribution is 5.96. The normalized spacial score (nSPS) is 13.5. The van der Waals surface area contributed by atoms with E-state index in [0.717, 1.165) is 12.8 Å². The number of hydrogen-bond acceptors (Lipinski definition) is 3. The van der Waals surface area contributed by atoms with Gasteiger partial charge in [0, 0.05) is 24.1 Å². The van der Waals surface area contributed by atoms with Crippen LogP contribution in [0.2, 0.25) is 0 Å². The van der Waals surface area contributed by atoms with Gasteiger partial charge < -0.3 is 5.32 Å². The monoisotopic (exact) mass is 261 g/mol. The fourth-order valence-electron chi connectivity index (χ4n) is 1.55. The van der Waals surface area contributed by atoms with Gasteiger partial charge in [-0.3, -0.25) is 25.2 Å². The maximum atomic E-state index is 11.7. The van der Waals surface area contributed by atoms with Crippen molar-refractivity contribution in [3.8, 4) is 0 Å². The van der Waals surface area contributed by atoms with Crippen molar-refractivity contribution in [2.24, 2.45) is 5.92 Å². The van der Waals surface area contributed by atoms with Crippen LogP contribution < -0.4 is 16.2 Å². The summed E-state index contributed by atoms with van der Waals surface area (Å²) < 4.78 is 0. The van der Waals surface area contributed by atoms with Crippen molar-refractivity contribution in [3.05, 3.63) is 29.8 Å². The molecule has 19 heavy (non-hydrogen) atoms. The summed E-state index contributed by atoms with van der Waals surface area (Å²) in [5, 5.41) is 2.60. The van der Waals surface area contributed by atoms with Gasteiger partial charge in [-0.25, -0.2) is 0 Å². The molecule has 1 fully saturated rings. The zero-order valence-electron chi connectivity index (χ0n) is 10.5. The van der Waals surface area contributed by atoms with Crippen molar-refractivity contribution < 1.29 is 14.4 Å². The first-order valence-corrected chi connectivity index (χ1v) is 6.04. The summed E-state index contributed by atoms with van der Waals surface area (Å²) in [6.45, 7) is 1.41. The highest BCUT2D eigenvalue weighted by Gasteiger charge is 2.29. The Bertz CT molecular complexity index is 506. The lowest BCUT2D eigenvalue weighted by Crippen LogP contribution is -2.42. The van der Waals surface area contributed by atoms with E-state index in [-0.39, 0.29) is 23.6 Å². The van der Waals surface area contributed by atoms with Crippen molar-refractivity contribution in [2.75, 3.05) is 5.32 Å². The third kappa shape index (κ3) is 3.80. The molecule has 3 N–H and O–H groups in total. The third-order valence-electron chi connectivity index (χ3n) is 2.71. The zero-order chi connectivity index (χ0) is 13.8.